The molecule has 6 heterocycles. The van der Waals surface area contributed by atoms with Gasteiger partial charge in [-0.25, -0.2) is 0 Å². The molecule has 0 saturated heterocycles. The van der Waals surface area contributed by atoms with Crippen LogP contribution in [-0.4, -0.2) is 16.2 Å². The van der Waals surface area contributed by atoms with E-state index in [1.807, 2.05) is 18.2 Å². The second kappa shape index (κ2) is 8.83. The van der Waals surface area contributed by atoms with E-state index in [4.69, 9.17) is 9.41 Å². The lowest BCUT2D eigenvalue weighted by Gasteiger charge is -2.32. The van der Waals surface area contributed by atoms with Gasteiger partial charge < -0.3 is 8.82 Å². The molecule has 0 fully saturated rings. The molecule has 4 heteroatoms. The number of nitrogens with zero attached hydrogens (tertiary/aromatic N) is 3. The molecule has 47 heavy (non-hydrogen) atoms. The molecule has 0 amide bonds. The molecule has 9 aromatic rings. The summed E-state index contributed by atoms with van der Waals surface area (Å²) in [4.78, 5) is 5.40. The highest BCUT2D eigenvalue weighted by Crippen LogP contribution is 2.50. The van der Waals surface area contributed by atoms with Crippen LogP contribution in [0.5, 0.6) is 0 Å². The van der Waals surface area contributed by atoms with Crippen molar-refractivity contribution in [3.8, 4) is 11.3 Å². The summed E-state index contributed by atoms with van der Waals surface area (Å²) in [6.45, 7) is 8.59. The summed E-state index contributed by atoms with van der Waals surface area (Å²) in [5.41, 5.74) is 12.5. The van der Waals surface area contributed by atoms with Crippen LogP contribution in [0.4, 0.5) is 0 Å². The summed E-state index contributed by atoms with van der Waals surface area (Å²) in [5.74, 6) is 0.0664. The van der Waals surface area contributed by atoms with Gasteiger partial charge in [-0.05, 0) is 54.1 Å². The third-order valence-corrected chi connectivity index (χ3v) is 10.8. The molecule has 0 radical (unpaired) electrons. The summed E-state index contributed by atoms with van der Waals surface area (Å²) in [5, 5.41) is 7.09. The van der Waals surface area contributed by atoms with Crippen LogP contribution in [-0.2, 0) is 0 Å². The first-order chi connectivity index (χ1) is 23.2. The maximum atomic E-state index is 6.63. The van der Waals surface area contributed by atoms with Crippen molar-refractivity contribution < 1.29 is 8.98 Å². The average molecular weight is 603 g/mol. The van der Waals surface area contributed by atoms with Crippen LogP contribution in [0.3, 0.4) is 0 Å². The van der Waals surface area contributed by atoms with Gasteiger partial charge in [0.25, 0.3) is 0 Å². The van der Waals surface area contributed by atoms with E-state index in [1.165, 1.54) is 60.5 Å². The summed E-state index contributed by atoms with van der Waals surface area (Å²) >= 11 is 0. The smallest absolute Gasteiger partial charge is 0.213 e. The quantitative estimate of drug-likeness (QED) is 0.143. The summed E-state index contributed by atoms with van der Waals surface area (Å²) in [6.07, 6.45) is 6.18. The number of allylic oxidation sites excluding steroid dienone is 1. The Morgan fingerprint density at radius 1 is 0.702 bits per heavy atom. The van der Waals surface area contributed by atoms with E-state index in [1.54, 1.807) is 0 Å². The molecule has 2 aliphatic rings. The Balaban J connectivity index is 1.34. The van der Waals surface area contributed by atoms with Crippen molar-refractivity contribution in [2.24, 2.45) is 4.99 Å². The fourth-order valence-electron chi connectivity index (χ4n) is 8.94. The summed E-state index contributed by atoms with van der Waals surface area (Å²) in [7, 11) is 0. The Kier molecular flexibility index (Phi) is 4.74. The molecule has 2 aliphatic heterocycles. The number of pyridine rings is 1. The summed E-state index contributed by atoms with van der Waals surface area (Å²) < 4.78 is 11.6. The predicted octanol–water partition coefficient (Wildman–Crippen LogP) is 9.92. The molecule has 0 saturated carbocycles. The minimum Gasteiger partial charge on any atom is -0.455 e. The number of rotatable bonds is 2. The van der Waals surface area contributed by atoms with Gasteiger partial charge in [0.1, 0.15) is 11.2 Å². The number of furan rings is 1. The van der Waals surface area contributed by atoms with Gasteiger partial charge in [-0.1, -0.05) is 67.3 Å². The van der Waals surface area contributed by atoms with Crippen LogP contribution < -0.4 is 4.57 Å². The third-order valence-electron chi connectivity index (χ3n) is 10.8. The Morgan fingerprint density at radius 2 is 1.51 bits per heavy atom. The zero-order chi connectivity index (χ0) is 31.0. The van der Waals surface area contributed by atoms with Gasteiger partial charge in [0, 0.05) is 55.8 Å². The Morgan fingerprint density at radius 3 is 2.40 bits per heavy atom. The first-order valence-corrected chi connectivity index (χ1v) is 16.2. The number of hydrogen-bond acceptors (Lipinski definition) is 2. The van der Waals surface area contributed by atoms with E-state index in [2.05, 4.69) is 131 Å². The average Bonchev–Trinajstić information content (AvgIpc) is 3.74. The highest BCUT2D eigenvalue weighted by atomic mass is 16.3. The maximum Gasteiger partial charge on any atom is 0.213 e. The zero-order valence-electron chi connectivity index (χ0n) is 25.5. The van der Waals surface area contributed by atoms with Gasteiger partial charge in [-0.2, -0.15) is 4.57 Å². The molecule has 0 aliphatic carbocycles. The number of para-hydroxylation sites is 2. The van der Waals surface area contributed by atoms with Crippen molar-refractivity contribution in [1.29, 1.82) is 0 Å². The lowest BCUT2D eigenvalue weighted by molar-refractivity contribution is -0.708. The molecular formula is C43H28N3O+. The van der Waals surface area contributed by atoms with E-state index < -0.39 is 0 Å². The molecule has 0 spiro atoms. The topological polar surface area (TPSA) is 33.8 Å². The second-order valence-electron chi connectivity index (χ2n) is 12.9. The molecule has 0 bridgehead atoms. The lowest BCUT2D eigenvalue weighted by atomic mass is 9.75. The first-order valence-electron chi connectivity index (χ1n) is 16.2. The molecule has 5 aromatic carbocycles. The molecule has 4 aromatic heterocycles. The number of hydrogen-bond donors (Lipinski definition) is 0. The van der Waals surface area contributed by atoms with Crippen molar-refractivity contribution in [1.82, 2.24) is 4.40 Å². The van der Waals surface area contributed by atoms with Crippen LogP contribution in [0.15, 0.2) is 150 Å². The second-order valence-corrected chi connectivity index (χ2v) is 12.9. The number of aromatic nitrogens is 2. The van der Waals surface area contributed by atoms with E-state index in [0.29, 0.717) is 0 Å². The number of fused-ring (bicyclic) bond motifs is 18. The zero-order valence-corrected chi connectivity index (χ0v) is 25.5. The molecule has 4 nitrogen and oxygen atoms in total. The molecule has 0 N–H and O–H groups in total. The molecular weight excluding hydrogens is 574 g/mol. The minimum absolute atomic E-state index is 0.00634. The first kappa shape index (κ1) is 25.2. The van der Waals surface area contributed by atoms with Crippen LogP contribution in [0, 0.1) is 0 Å². The minimum atomic E-state index is -0.124. The van der Waals surface area contributed by atoms with Crippen molar-refractivity contribution in [2.45, 2.75) is 18.0 Å². The van der Waals surface area contributed by atoms with Crippen LogP contribution in [0.25, 0.3) is 71.3 Å². The highest BCUT2D eigenvalue weighted by molar-refractivity contribution is 6.33. The van der Waals surface area contributed by atoms with E-state index in [-0.39, 0.29) is 18.0 Å². The van der Waals surface area contributed by atoms with Gasteiger partial charge in [-0.3, -0.25) is 4.99 Å². The Labute approximate surface area is 270 Å². The molecule has 11 rings (SSSR count). The van der Waals surface area contributed by atoms with E-state index >= 15 is 0 Å². The third kappa shape index (κ3) is 3.03. The summed E-state index contributed by atoms with van der Waals surface area (Å²) in [6, 6.07) is 39.5. The van der Waals surface area contributed by atoms with Crippen molar-refractivity contribution in [2.75, 3.05) is 0 Å². The highest BCUT2D eigenvalue weighted by Gasteiger charge is 2.47. The van der Waals surface area contributed by atoms with Gasteiger partial charge in [0.05, 0.1) is 39.6 Å². The van der Waals surface area contributed by atoms with Crippen LogP contribution >= 0.6 is 0 Å². The lowest BCUT2D eigenvalue weighted by Crippen LogP contribution is -2.49. The molecule has 220 valence electrons. The van der Waals surface area contributed by atoms with Crippen molar-refractivity contribution in [3.63, 3.8) is 0 Å². The monoisotopic (exact) mass is 602 g/mol. The van der Waals surface area contributed by atoms with Crippen LogP contribution in [0.1, 0.15) is 28.7 Å². The van der Waals surface area contributed by atoms with E-state index in [0.717, 1.165) is 33.2 Å². The standard InChI is InChI=1S/C43H28N3O/c1-3-33-28-21-29-30-22-32-25-14-8-10-19-38(25)47-43(32)40-27-16-7-9-18-36(27)46(42(30)40)37(29)23-31(28)41-39(34(4-2)44-33)26-15-6-5-13-24(26)35-17-11-12-20-45(35)41/h3-23,34,39,41H,1-2H2/q+1. The largest absolute Gasteiger partial charge is 0.455 e. The number of aliphatic imine (C=N–C) groups is 1. The van der Waals surface area contributed by atoms with Gasteiger partial charge in [0.2, 0.25) is 5.69 Å². The fourth-order valence-corrected chi connectivity index (χ4v) is 8.94. The van der Waals surface area contributed by atoms with Gasteiger partial charge in [0.15, 0.2) is 12.2 Å². The Hall–Kier alpha value is -6.00. The van der Waals surface area contributed by atoms with Gasteiger partial charge >= 0.3 is 0 Å². The fraction of sp³-hybridized carbons (Fsp3) is 0.0698. The Bertz CT molecular complexity index is 2870. The van der Waals surface area contributed by atoms with Crippen LogP contribution in [0.2, 0.25) is 0 Å². The number of benzene rings is 5. The SMILES string of the molecule is C=CC1=NC(C=C)C2c3ccccc3-c3cccc[n+]3C2c2cc3c(cc21)c1cc2c4ccccc4oc2c2c4ccccc4n3c12. The van der Waals surface area contributed by atoms with Crippen molar-refractivity contribution >= 4 is 65.7 Å². The normalized spacial score (nSPS) is 18.7. The molecule has 3 atom stereocenters. The van der Waals surface area contributed by atoms with Gasteiger partial charge in [-0.15, -0.1) is 6.58 Å². The van der Waals surface area contributed by atoms with Crippen molar-refractivity contribution in [3.05, 3.63) is 157 Å². The van der Waals surface area contributed by atoms with E-state index in [9.17, 15) is 0 Å². The predicted molar refractivity (Wildman–Crippen MR) is 192 cm³/mol. The molecule has 3 unspecified atom stereocenters. The maximum absolute atomic E-state index is 6.63.